The number of aliphatic imine (C=N–C) groups is 1. The lowest BCUT2D eigenvalue weighted by molar-refractivity contribution is -0.145. The van der Waals surface area contributed by atoms with E-state index in [-0.39, 0.29) is 0 Å². The molecule has 0 amide bonds. The molecule has 28 heavy (non-hydrogen) atoms. The highest BCUT2D eigenvalue weighted by molar-refractivity contribution is 5.80. The molecule has 1 heterocycles. The van der Waals surface area contributed by atoms with Crippen molar-refractivity contribution in [1.29, 1.82) is 0 Å². The zero-order chi connectivity index (χ0) is 19.7. The van der Waals surface area contributed by atoms with E-state index in [1.165, 1.54) is 32.1 Å². The van der Waals surface area contributed by atoms with Crippen molar-refractivity contribution in [1.82, 2.24) is 10.6 Å². The van der Waals surface area contributed by atoms with Crippen molar-refractivity contribution in [2.45, 2.75) is 89.9 Å². The molecule has 0 aromatic rings. The monoisotopic (exact) mass is 395 g/mol. The molecular formula is C22H41N3O3. The quantitative estimate of drug-likeness (QED) is 0.356. The summed E-state index contributed by atoms with van der Waals surface area (Å²) in [6.07, 6.45) is 11.5. The molecule has 3 fully saturated rings. The Morgan fingerprint density at radius 1 is 1.11 bits per heavy atom. The Hall–Kier alpha value is -0.850. The molecule has 0 radical (unpaired) electrons. The summed E-state index contributed by atoms with van der Waals surface area (Å²) in [5, 5.41) is 7.18. The minimum absolute atomic E-state index is 0.316. The lowest BCUT2D eigenvalue weighted by Gasteiger charge is -2.58. The molecule has 3 aliphatic rings. The summed E-state index contributed by atoms with van der Waals surface area (Å²) in [4.78, 5) is 4.82. The van der Waals surface area contributed by atoms with E-state index in [9.17, 15) is 0 Å². The summed E-state index contributed by atoms with van der Waals surface area (Å²) in [5.74, 6) is 0.957. The molecule has 0 bridgehead atoms. The summed E-state index contributed by atoms with van der Waals surface area (Å²) in [5.41, 5.74) is 0.316. The number of guanidine groups is 1. The van der Waals surface area contributed by atoms with Gasteiger partial charge in [-0.05, 0) is 52.4 Å². The maximum absolute atomic E-state index is 6.09. The van der Waals surface area contributed by atoms with Crippen LogP contribution in [0.2, 0.25) is 0 Å². The van der Waals surface area contributed by atoms with Crippen LogP contribution >= 0.6 is 0 Å². The van der Waals surface area contributed by atoms with E-state index in [0.29, 0.717) is 23.7 Å². The second-order valence-electron chi connectivity index (χ2n) is 8.47. The van der Waals surface area contributed by atoms with Gasteiger partial charge in [0, 0.05) is 51.0 Å². The highest BCUT2D eigenvalue weighted by Crippen LogP contribution is 2.53. The van der Waals surface area contributed by atoms with Crippen molar-refractivity contribution in [3.63, 3.8) is 0 Å². The van der Waals surface area contributed by atoms with Gasteiger partial charge < -0.3 is 24.8 Å². The molecule has 2 atom stereocenters. The van der Waals surface area contributed by atoms with E-state index in [2.05, 4.69) is 24.5 Å². The summed E-state index contributed by atoms with van der Waals surface area (Å²) in [6.45, 7) is 9.21. The van der Waals surface area contributed by atoms with Crippen LogP contribution in [0, 0.1) is 5.41 Å². The van der Waals surface area contributed by atoms with Crippen LogP contribution in [0.1, 0.15) is 71.6 Å². The number of hydrogen-bond acceptors (Lipinski definition) is 4. The van der Waals surface area contributed by atoms with Crippen LogP contribution in [-0.4, -0.2) is 63.7 Å². The second kappa shape index (κ2) is 11.4. The molecule has 2 unspecified atom stereocenters. The molecule has 0 aromatic carbocycles. The summed E-state index contributed by atoms with van der Waals surface area (Å²) in [7, 11) is 0. The van der Waals surface area contributed by atoms with Crippen molar-refractivity contribution in [3.8, 4) is 0 Å². The van der Waals surface area contributed by atoms with Crippen molar-refractivity contribution < 1.29 is 14.2 Å². The Balaban J connectivity index is 1.45. The molecule has 1 aliphatic heterocycles. The number of nitrogens with zero attached hydrogens (tertiary/aromatic N) is 1. The van der Waals surface area contributed by atoms with Gasteiger partial charge in [0.25, 0.3) is 0 Å². The third kappa shape index (κ3) is 5.61. The third-order valence-corrected chi connectivity index (χ3v) is 6.69. The predicted octanol–water partition coefficient (Wildman–Crippen LogP) is 3.26. The third-order valence-electron chi connectivity index (χ3n) is 6.69. The fourth-order valence-electron chi connectivity index (χ4n) is 5.10. The van der Waals surface area contributed by atoms with Crippen molar-refractivity contribution in [2.24, 2.45) is 10.4 Å². The fraction of sp³-hybridized carbons (Fsp3) is 0.955. The van der Waals surface area contributed by atoms with Crippen molar-refractivity contribution in [2.75, 3.05) is 39.5 Å². The minimum atomic E-state index is 0.316. The molecule has 6 heteroatoms. The Morgan fingerprint density at radius 2 is 1.89 bits per heavy atom. The first-order valence-corrected chi connectivity index (χ1v) is 11.6. The van der Waals surface area contributed by atoms with Crippen LogP contribution in [-0.2, 0) is 14.2 Å². The van der Waals surface area contributed by atoms with Gasteiger partial charge in [0.2, 0.25) is 0 Å². The first-order valence-electron chi connectivity index (χ1n) is 11.6. The molecule has 2 aliphatic carbocycles. The van der Waals surface area contributed by atoms with E-state index in [1.807, 2.05) is 0 Å². The van der Waals surface area contributed by atoms with Crippen LogP contribution in [0.4, 0.5) is 0 Å². The zero-order valence-corrected chi connectivity index (χ0v) is 18.0. The average molecular weight is 396 g/mol. The maximum atomic E-state index is 6.09. The fourth-order valence-corrected chi connectivity index (χ4v) is 5.10. The molecule has 2 N–H and O–H groups in total. The molecule has 1 saturated heterocycles. The number of nitrogens with one attached hydrogen (secondary N) is 2. The predicted molar refractivity (Wildman–Crippen MR) is 113 cm³/mol. The van der Waals surface area contributed by atoms with Gasteiger partial charge in [-0.2, -0.15) is 0 Å². The van der Waals surface area contributed by atoms with Gasteiger partial charge in [-0.3, -0.25) is 4.99 Å². The first-order chi connectivity index (χ1) is 13.8. The lowest BCUT2D eigenvalue weighted by atomic mass is 9.55. The van der Waals surface area contributed by atoms with Gasteiger partial charge in [0.15, 0.2) is 5.96 Å². The molecule has 3 rings (SSSR count). The van der Waals surface area contributed by atoms with Gasteiger partial charge in [-0.25, -0.2) is 0 Å². The van der Waals surface area contributed by atoms with E-state index in [4.69, 9.17) is 19.2 Å². The van der Waals surface area contributed by atoms with E-state index in [1.54, 1.807) is 0 Å². The zero-order valence-electron chi connectivity index (χ0n) is 18.0. The maximum Gasteiger partial charge on any atom is 0.191 e. The normalized spacial score (nSPS) is 28.1. The first kappa shape index (κ1) is 21.8. The standard InChI is InChI=1S/C22H41N3O3/c1-3-23-21(24-13-8-14-28-18-9-15-26-16-10-18)25-19-17-20(27-4-2)22(19)11-6-5-7-12-22/h18-20H,3-17H2,1-2H3,(H2,23,24,25). The smallest absolute Gasteiger partial charge is 0.191 e. The van der Waals surface area contributed by atoms with Crippen molar-refractivity contribution in [3.05, 3.63) is 0 Å². The summed E-state index contributed by atoms with van der Waals surface area (Å²) in [6, 6.07) is 0.487. The van der Waals surface area contributed by atoms with Gasteiger partial charge in [0.1, 0.15) is 0 Å². The second-order valence-corrected chi connectivity index (χ2v) is 8.47. The summed E-state index contributed by atoms with van der Waals surface area (Å²) >= 11 is 0. The van der Waals surface area contributed by atoms with Gasteiger partial charge in [-0.15, -0.1) is 0 Å². The minimum Gasteiger partial charge on any atom is -0.381 e. The topological polar surface area (TPSA) is 64.1 Å². The largest absolute Gasteiger partial charge is 0.381 e. The number of rotatable bonds is 9. The Labute approximate surface area is 171 Å². The van der Waals surface area contributed by atoms with E-state index in [0.717, 1.165) is 71.2 Å². The Kier molecular flexibility index (Phi) is 8.87. The van der Waals surface area contributed by atoms with Crippen LogP contribution in [0.5, 0.6) is 0 Å². The average Bonchev–Trinajstić information content (AvgIpc) is 2.74. The van der Waals surface area contributed by atoms with Crippen LogP contribution in [0.15, 0.2) is 4.99 Å². The van der Waals surface area contributed by atoms with Crippen LogP contribution in [0.25, 0.3) is 0 Å². The Bertz CT molecular complexity index is 474. The van der Waals surface area contributed by atoms with Gasteiger partial charge in [0.05, 0.1) is 12.2 Å². The van der Waals surface area contributed by atoms with Gasteiger partial charge in [-0.1, -0.05) is 19.3 Å². The lowest BCUT2D eigenvalue weighted by Crippen LogP contribution is -2.66. The molecular weight excluding hydrogens is 354 g/mol. The van der Waals surface area contributed by atoms with E-state index >= 15 is 0 Å². The van der Waals surface area contributed by atoms with Crippen LogP contribution in [0.3, 0.4) is 0 Å². The number of hydrogen-bond donors (Lipinski definition) is 2. The highest BCUT2D eigenvalue weighted by Gasteiger charge is 2.55. The molecule has 162 valence electrons. The van der Waals surface area contributed by atoms with E-state index < -0.39 is 0 Å². The van der Waals surface area contributed by atoms with Crippen LogP contribution < -0.4 is 10.6 Å². The number of ether oxygens (including phenoxy) is 3. The highest BCUT2D eigenvalue weighted by atomic mass is 16.5. The SMILES string of the molecule is CCNC(=NCCCOC1CCOCC1)NC1CC(OCC)C12CCCCC2. The van der Waals surface area contributed by atoms with Gasteiger partial charge >= 0.3 is 0 Å². The molecule has 0 aromatic heterocycles. The Morgan fingerprint density at radius 3 is 2.61 bits per heavy atom. The molecule has 2 saturated carbocycles. The molecule has 1 spiro atoms. The molecule has 6 nitrogen and oxygen atoms in total. The summed E-state index contributed by atoms with van der Waals surface area (Å²) < 4.78 is 17.4. The van der Waals surface area contributed by atoms with Crippen molar-refractivity contribution >= 4 is 5.96 Å².